The Bertz CT molecular complexity index is 1500. The maximum atomic E-state index is 11.1. The largest absolute Gasteiger partial charge is 0.493 e. The Morgan fingerprint density at radius 1 is 1.10 bits per heavy atom. The van der Waals surface area contributed by atoms with Crippen molar-refractivity contribution in [2.75, 3.05) is 24.3 Å². The molecule has 8 N–H and O–H groups in total. The highest BCUT2D eigenvalue weighted by atomic mass is 16.6. The van der Waals surface area contributed by atoms with Gasteiger partial charge in [0, 0.05) is 18.5 Å². The Hall–Kier alpha value is -4.30. The van der Waals surface area contributed by atoms with Crippen LogP contribution >= 0.6 is 0 Å². The minimum Gasteiger partial charge on any atom is -0.493 e. The summed E-state index contributed by atoms with van der Waals surface area (Å²) in [7, 11) is 0. The van der Waals surface area contributed by atoms with Crippen molar-refractivity contribution >= 4 is 28.8 Å². The van der Waals surface area contributed by atoms with Crippen LogP contribution in [-0.2, 0) is 16.1 Å². The lowest BCUT2D eigenvalue weighted by molar-refractivity contribution is -0.118. The molecule has 0 saturated carbocycles. The summed E-state index contributed by atoms with van der Waals surface area (Å²) in [5.41, 5.74) is 14.7. The van der Waals surface area contributed by atoms with Gasteiger partial charge in [0.15, 0.2) is 23.2 Å². The summed E-state index contributed by atoms with van der Waals surface area (Å²) in [5.74, 6) is 0.770. The number of benzene rings is 2. The molecule has 0 radical (unpaired) electrons. The third-order valence-corrected chi connectivity index (χ3v) is 6.93. The normalized spacial score (nSPS) is 20.4. The summed E-state index contributed by atoms with van der Waals surface area (Å²) in [6, 6.07) is 15.7. The van der Waals surface area contributed by atoms with Crippen molar-refractivity contribution in [3.63, 3.8) is 0 Å². The number of carbonyl (C=O) groups excluding carboxylic acids is 1. The van der Waals surface area contributed by atoms with Crippen LogP contribution in [0.2, 0.25) is 0 Å². The smallest absolute Gasteiger partial charge is 0.217 e. The van der Waals surface area contributed by atoms with Crippen LogP contribution in [-0.4, -0.2) is 72.3 Å². The van der Waals surface area contributed by atoms with E-state index in [-0.39, 0.29) is 17.7 Å². The first kappa shape index (κ1) is 28.2. The lowest BCUT2D eigenvalue weighted by Gasteiger charge is -2.20. The third-order valence-electron chi connectivity index (χ3n) is 6.93. The van der Waals surface area contributed by atoms with Crippen LogP contribution in [0.3, 0.4) is 0 Å². The summed E-state index contributed by atoms with van der Waals surface area (Å²) >= 11 is 0. The zero-order valence-electron chi connectivity index (χ0n) is 22.3. The fourth-order valence-electron chi connectivity index (χ4n) is 4.80. The molecule has 0 bridgehead atoms. The van der Waals surface area contributed by atoms with Gasteiger partial charge in [-0.25, -0.2) is 15.0 Å². The van der Waals surface area contributed by atoms with Gasteiger partial charge in [0.25, 0.3) is 0 Å². The fourth-order valence-corrected chi connectivity index (χ4v) is 4.80. The molecule has 1 aliphatic rings. The summed E-state index contributed by atoms with van der Waals surface area (Å²) in [4.78, 5) is 23.9. The van der Waals surface area contributed by atoms with Crippen LogP contribution < -0.4 is 21.5 Å². The first-order chi connectivity index (χ1) is 19.9. The molecule has 1 saturated heterocycles. The molecule has 2 aromatic carbocycles. The minimum absolute atomic E-state index is 0.141. The van der Waals surface area contributed by atoms with Gasteiger partial charge in [-0.2, -0.15) is 0 Å². The number of hydrogen-bond acceptors (Lipinski definition) is 11. The number of primary amides is 1. The second-order valence-electron chi connectivity index (χ2n) is 9.79. The van der Waals surface area contributed by atoms with Crippen LogP contribution in [0.15, 0.2) is 54.9 Å². The molecule has 3 heterocycles. The number of rotatable bonds is 12. The van der Waals surface area contributed by atoms with Crippen LogP contribution in [0.5, 0.6) is 5.75 Å². The first-order valence-electron chi connectivity index (χ1n) is 13.3. The van der Waals surface area contributed by atoms with E-state index in [1.165, 1.54) is 10.9 Å². The topological polar surface area (TPSA) is 204 Å². The number of aliphatic hydroxyl groups is 3. The van der Waals surface area contributed by atoms with Crippen molar-refractivity contribution in [1.29, 1.82) is 0 Å². The minimum atomic E-state index is -1.35. The zero-order valence-corrected chi connectivity index (χ0v) is 22.3. The Kier molecular flexibility index (Phi) is 8.59. The predicted octanol–water partition coefficient (Wildman–Crippen LogP) is 1.33. The molecule has 1 fully saturated rings. The lowest BCUT2D eigenvalue weighted by atomic mass is 10.0. The monoisotopic (exact) mass is 563 g/mol. The number of aromatic nitrogens is 4. The van der Waals surface area contributed by atoms with Crippen molar-refractivity contribution in [3.8, 4) is 16.9 Å². The van der Waals surface area contributed by atoms with Crippen LogP contribution in [0.4, 0.5) is 11.8 Å². The number of unbranched alkanes of at least 4 members (excludes halogenated alkanes) is 1. The van der Waals surface area contributed by atoms with Crippen LogP contribution in [0.25, 0.3) is 22.3 Å². The number of hydrogen-bond donors (Lipinski definition) is 6. The van der Waals surface area contributed by atoms with Gasteiger partial charge in [-0.15, -0.1) is 0 Å². The number of anilines is 2. The molecular weight excluding hydrogens is 530 g/mol. The van der Waals surface area contributed by atoms with E-state index in [2.05, 4.69) is 20.3 Å². The number of amides is 1. The highest BCUT2D eigenvalue weighted by molar-refractivity contribution is 5.84. The number of nitrogens with one attached hydrogen (secondary N) is 1. The molecule has 0 aliphatic carbocycles. The van der Waals surface area contributed by atoms with E-state index in [0.29, 0.717) is 49.3 Å². The third kappa shape index (κ3) is 6.07. The summed E-state index contributed by atoms with van der Waals surface area (Å²) in [5, 5.41) is 33.9. The SMILES string of the molecule is NC(=O)CCCCOc1cc(CNc2nc3c(N)ncnc3n2[C@@H]2O[C@H](CO)[C@@H](O)[C@H]2O)ccc1-c1ccccc1. The van der Waals surface area contributed by atoms with Crippen molar-refractivity contribution < 1.29 is 29.6 Å². The number of nitrogens with zero attached hydrogens (tertiary/aromatic N) is 4. The maximum Gasteiger partial charge on any atom is 0.217 e. The molecule has 216 valence electrons. The number of carbonyl (C=O) groups is 1. The van der Waals surface area contributed by atoms with Gasteiger partial charge in [-0.1, -0.05) is 42.5 Å². The maximum absolute atomic E-state index is 11.1. The average molecular weight is 564 g/mol. The molecule has 41 heavy (non-hydrogen) atoms. The molecule has 13 heteroatoms. The van der Waals surface area contributed by atoms with Gasteiger partial charge in [-0.05, 0) is 30.0 Å². The van der Waals surface area contributed by atoms with Crippen molar-refractivity contribution in [1.82, 2.24) is 19.5 Å². The Morgan fingerprint density at radius 2 is 1.90 bits per heavy atom. The van der Waals surface area contributed by atoms with Gasteiger partial charge in [0.05, 0.1) is 13.2 Å². The molecule has 0 unspecified atom stereocenters. The number of nitrogen functional groups attached to an aromatic ring is 1. The quantitative estimate of drug-likeness (QED) is 0.136. The van der Waals surface area contributed by atoms with Gasteiger partial charge in [0.2, 0.25) is 11.9 Å². The molecule has 4 atom stereocenters. The summed E-state index contributed by atoms with van der Waals surface area (Å²) < 4.78 is 13.4. The van der Waals surface area contributed by atoms with Crippen molar-refractivity contribution in [3.05, 3.63) is 60.4 Å². The fraction of sp³-hybridized carbons (Fsp3) is 0.357. The highest BCUT2D eigenvalue weighted by Gasteiger charge is 2.45. The first-order valence-corrected chi connectivity index (χ1v) is 13.3. The number of nitrogens with two attached hydrogens (primary N) is 2. The Morgan fingerprint density at radius 3 is 2.63 bits per heavy atom. The van der Waals surface area contributed by atoms with Gasteiger partial charge in [-0.3, -0.25) is 9.36 Å². The van der Waals surface area contributed by atoms with E-state index in [9.17, 15) is 20.1 Å². The van der Waals surface area contributed by atoms with Gasteiger partial charge >= 0.3 is 0 Å². The lowest BCUT2D eigenvalue weighted by Crippen LogP contribution is -2.33. The molecule has 0 spiro atoms. The molecular formula is C28H33N7O6. The highest BCUT2D eigenvalue weighted by Crippen LogP contribution is 2.36. The van der Waals surface area contributed by atoms with Crippen LogP contribution in [0, 0.1) is 0 Å². The van der Waals surface area contributed by atoms with E-state index in [1.54, 1.807) is 0 Å². The molecule has 4 aromatic rings. The van der Waals surface area contributed by atoms with Gasteiger partial charge < -0.3 is 41.6 Å². The summed E-state index contributed by atoms with van der Waals surface area (Å²) in [6.45, 7) is 0.252. The summed E-state index contributed by atoms with van der Waals surface area (Å²) in [6.07, 6.45) is -1.81. The predicted molar refractivity (Wildman–Crippen MR) is 150 cm³/mol. The van der Waals surface area contributed by atoms with E-state index in [4.69, 9.17) is 20.9 Å². The average Bonchev–Trinajstić information content (AvgIpc) is 3.49. The second-order valence-corrected chi connectivity index (χ2v) is 9.79. The number of ether oxygens (including phenoxy) is 2. The molecule has 2 aromatic heterocycles. The molecule has 5 rings (SSSR count). The second kappa shape index (κ2) is 12.5. The molecule has 13 nitrogen and oxygen atoms in total. The van der Waals surface area contributed by atoms with E-state index >= 15 is 0 Å². The van der Waals surface area contributed by atoms with Gasteiger partial charge in [0.1, 0.15) is 30.4 Å². The van der Waals surface area contributed by atoms with Crippen LogP contribution in [0.1, 0.15) is 31.1 Å². The van der Waals surface area contributed by atoms with E-state index in [0.717, 1.165) is 16.7 Å². The van der Waals surface area contributed by atoms with E-state index < -0.39 is 31.1 Å². The Balaban J connectivity index is 1.41. The van der Waals surface area contributed by atoms with Crippen molar-refractivity contribution in [2.24, 2.45) is 5.73 Å². The number of imidazole rings is 1. The van der Waals surface area contributed by atoms with E-state index in [1.807, 2.05) is 48.5 Å². The van der Waals surface area contributed by atoms with Crippen molar-refractivity contribution in [2.45, 2.75) is 50.3 Å². The molecule has 1 aliphatic heterocycles. The number of fused-ring (bicyclic) bond motifs is 1. The number of aliphatic hydroxyl groups excluding tert-OH is 3. The molecule has 1 amide bonds. The standard InChI is InChI=1S/C28H33N7O6/c29-21(37)8-4-5-11-40-19-12-16(9-10-18(19)17-6-2-1-3-7-17)13-31-28-34-22-25(30)32-15-33-26(22)35(28)27-24(39)23(38)20(14-36)41-27/h1-3,6-7,9-10,12,15,20,23-24,27,36,38-39H,4-5,8,11,13-14H2,(H2,29,37)(H,31,34)(H2,30,32,33)/t20-,23-,24-,27-/m1/s1. The Labute approximate surface area is 235 Å². The zero-order chi connectivity index (χ0) is 28.9.